The van der Waals surface area contributed by atoms with E-state index < -0.39 is 0 Å². The Bertz CT molecular complexity index is 419. The molecular weight excluding hydrogens is 230 g/mol. The third-order valence-corrected chi connectivity index (χ3v) is 4.47. The number of nitrogens with zero attached hydrogens (tertiary/aromatic N) is 1. The van der Waals surface area contributed by atoms with Crippen LogP contribution in [0.5, 0.6) is 0 Å². The molecule has 0 amide bonds. The Balaban J connectivity index is 2.11. The van der Waals surface area contributed by atoms with Crippen LogP contribution in [-0.4, -0.2) is 17.2 Å². The number of aromatic nitrogens is 1. The van der Waals surface area contributed by atoms with Gasteiger partial charge in [-0.2, -0.15) is 0 Å². The molecule has 17 heavy (non-hydrogen) atoms. The van der Waals surface area contributed by atoms with Gasteiger partial charge in [0.25, 0.3) is 0 Å². The van der Waals surface area contributed by atoms with Gasteiger partial charge in [-0.15, -0.1) is 11.3 Å². The second kappa shape index (κ2) is 5.83. The Hall–Kier alpha value is -0.610. The molecule has 0 aliphatic heterocycles. The molecule has 0 bridgehead atoms. The zero-order valence-electron chi connectivity index (χ0n) is 10.9. The van der Waals surface area contributed by atoms with Crippen molar-refractivity contribution in [2.75, 3.05) is 6.54 Å². The summed E-state index contributed by atoms with van der Waals surface area (Å²) in [4.78, 5) is 2.19. The maximum absolute atomic E-state index is 8.04. The van der Waals surface area contributed by atoms with E-state index >= 15 is 0 Å². The zero-order chi connectivity index (χ0) is 12.3. The lowest BCUT2D eigenvalue weighted by molar-refractivity contribution is 0.448. The molecule has 0 aromatic carbocycles. The summed E-state index contributed by atoms with van der Waals surface area (Å²) in [6.45, 7) is 6.53. The van der Waals surface area contributed by atoms with Crippen LogP contribution >= 0.6 is 11.3 Å². The van der Waals surface area contributed by atoms with Crippen molar-refractivity contribution in [3.05, 3.63) is 15.4 Å². The van der Waals surface area contributed by atoms with Gasteiger partial charge in [0.15, 0.2) is 4.80 Å². The topological polar surface area (TPSA) is 40.8 Å². The summed E-state index contributed by atoms with van der Waals surface area (Å²) in [6.07, 6.45) is 5.83. The lowest BCUT2D eigenvalue weighted by Gasteiger charge is -2.24. The minimum absolute atomic E-state index is 0.635. The Morgan fingerprint density at radius 2 is 2.24 bits per heavy atom. The molecule has 0 unspecified atom stereocenters. The van der Waals surface area contributed by atoms with E-state index in [0.717, 1.165) is 37.2 Å². The molecular formula is C13H23N3S. The summed E-state index contributed by atoms with van der Waals surface area (Å²) in [5.74, 6) is 0. The fraction of sp³-hybridized carbons (Fsp3) is 0.769. The fourth-order valence-electron chi connectivity index (χ4n) is 2.56. The third-order valence-electron chi connectivity index (χ3n) is 3.40. The van der Waals surface area contributed by atoms with E-state index in [1.165, 1.54) is 23.4 Å². The zero-order valence-corrected chi connectivity index (χ0v) is 11.7. The molecule has 3 nitrogen and oxygen atoms in total. The number of rotatable bonds is 5. The first-order valence-corrected chi connectivity index (χ1v) is 7.57. The van der Waals surface area contributed by atoms with Gasteiger partial charge in [-0.25, -0.2) is 0 Å². The van der Waals surface area contributed by atoms with Crippen LogP contribution in [0.3, 0.4) is 0 Å². The lowest BCUT2D eigenvalue weighted by atomic mass is 9.97. The van der Waals surface area contributed by atoms with Crippen molar-refractivity contribution < 1.29 is 0 Å². The van der Waals surface area contributed by atoms with Gasteiger partial charge in [0.05, 0.1) is 0 Å². The molecule has 0 radical (unpaired) electrons. The Morgan fingerprint density at radius 3 is 2.94 bits per heavy atom. The first kappa shape index (κ1) is 12.8. The van der Waals surface area contributed by atoms with Crippen LogP contribution in [0.1, 0.15) is 43.7 Å². The van der Waals surface area contributed by atoms with Crippen molar-refractivity contribution in [1.29, 1.82) is 5.41 Å². The van der Waals surface area contributed by atoms with Crippen molar-refractivity contribution in [3.8, 4) is 0 Å². The first-order valence-electron chi connectivity index (χ1n) is 6.75. The standard InChI is InChI=1S/C13H23N3S/c1-3-7-15-10-5-6-11-12(9-10)17-13(14)16(11)8-4-2/h10,14-15H,3-9H2,1-2H3/t10-/m0/s1. The quantitative estimate of drug-likeness (QED) is 0.830. The van der Waals surface area contributed by atoms with Gasteiger partial charge in [-0.1, -0.05) is 13.8 Å². The summed E-state index contributed by atoms with van der Waals surface area (Å²) in [5.41, 5.74) is 1.44. The highest BCUT2D eigenvalue weighted by atomic mass is 32.1. The van der Waals surface area contributed by atoms with Gasteiger partial charge >= 0.3 is 0 Å². The molecule has 2 rings (SSSR count). The maximum Gasteiger partial charge on any atom is 0.182 e. The van der Waals surface area contributed by atoms with Crippen LogP contribution in [-0.2, 0) is 19.4 Å². The van der Waals surface area contributed by atoms with Crippen molar-refractivity contribution >= 4 is 11.3 Å². The average Bonchev–Trinajstić information content (AvgIpc) is 2.63. The van der Waals surface area contributed by atoms with E-state index in [9.17, 15) is 0 Å². The smallest absolute Gasteiger partial charge is 0.182 e. The van der Waals surface area contributed by atoms with Crippen molar-refractivity contribution in [2.24, 2.45) is 0 Å². The van der Waals surface area contributed by atoms with Crippen LogP contribution in [0, 0.1) is 5.41 Å². The summed E-state index contributed by atoms with van der Waals surface area (Å²) >= 11 is 1.68. The highest BCUT2D eigenvalue weighted by Gasteiger charge is 2.22. The number of thiazole rings is 1. The number of hydrogen-bond acceptors (Lipinski definition) is 3. The third kappa shape index (κ3) is 2.80. The molecule has 1 aromatic rings. The lowest BCUT2D eigenvalue weighted by Crippen LogP contribution is -2.35. The Morgan fingerprint density at radius 1 is 1.41 bits per heavy atom. The molecule has 0 saturated carbocycles. The van der Waals surface area contributed by atoms with Crippen molar-refractivity contribution in [3.63, 3.8) is 0 Å². The van der Waals surface area contributed by atoms with Crippen molar-refractivity contribution in [2.45, 2.75) is 58.5 Å². The molecule has 1 atom stereocenters. The highest BCUT2D eigenvalue weighted by Crippen LogP contribution is 2.24. The Kier molecular flexibility index (Phi) is 4.40. The summed E-state index contributed by atoms with van der Waals surface area (Å²) < 4.78 is 2.22. The molecule has 1 heterocycles. The summed E-state index contributed by atoms with van der Waals surface area (Å²) in [6, 6.07) is 0.635. The SMILES string of the molecule is CCCN[C@H]1CCc2c(sc(=N)n2CCC)C1. The molecule has 1 aromatic heterocycles. The maximum atomic E-state index is 8.04. The molecule has 0 fully saturated rings. The van der Waals surface area contributed by atoms with Crippen LogP contribution in [0.2, 0.25) is 0 Å². The number of fused-ring (bicyclic) bond motifs is 1. The predicted molar refractivity (Wildman–Crippen MR) is 72.6 cm³/mol. The monoisotopic (exact) mass is 253 g/mol. The van der Waals surface area contributed by atoms with E-state index in [-0.39, 0.29) is 0 Å². The highest BCUT2D eigenvalue weighted by molar-refractivity contribution is 7.09. The van der Waals surface area contributed by atoms with E-state index in [0.29, 0.717) is 6.04 Å². The fourth-order valence-corrected chi connectivity index (χ4v) is 3.72. The minimum atomic E-state index is 0.635. The normalized spacial score (nSPS) is 19.3. The van der Waals surface area contributed by atoms with Gasteiger partial charge in [0, 0.05) is 23.2 Å². The van der Waals surface area contributed by atoms with Gasteiger partial charge in [-0.3, -0.25) is 5.41 Å². The molecule has 4 heteroatoms. The average molecular weight is 253 g/mol. The molecule has 2 N–H and O–H groups in total. The molecule has 1 aliphatic carbocycles. The number of hydrogen-bond donors (Lipinski definition) is 2. The molecule has 0 saturated heterocycles. The van der Waals surface area contributed by atoms with E-state index in [1.807, 2.05) is 0 Å². The summed E-state index contributed by atoms with van der Waals surface area (Å²) in [5, 5.41) is 11.6. The minimum Gasteiger partial charge on any atom is -0.321 e. The first-order chi connectivity index (χ1) is 8.26. The second-order valence-electron chi connectivity index (χ2n) is 4.82. The molecule has 0 spiro atoms. The summed E-state index contributed by atoms with van der Waals surface area (Å²) in [7, 11) is 0. The predicted octanol–water partition coefficient (Wildman–Crippen LogP) is 2.30. The van der Waals surface area contributed by atoms with Crippen LogP contribution in [0.4, 0.5) is 0 Å². The van der Waals surface area contributed by atoms with Crippen LogP contribution < -0.4 is 10.1 Å². The van der Waals surface area contributed by atoms with E-state index in [1.54, 1.807) is 11.3 Å². The number of nitrogens with one attached hydrogen (secondary N) is 2. The Labute approximate surface area is 107 Å². The molecule has 1 aliphatic rings. The van der Waals surface area contributed by atoms with Gasteiger partial charge < -0.3 is 9.88 Å². The van der Waals surface area contributed by atoms with Crippen LogP contribution in [0.25, 0.3) is 0 Å². The van der Waals surface area contributed by atoms with Gasteiger partial charge in [-0.05, 0) is 38.6 Å². The van der Waals surface area contributed by atoms with Gasteiger partial charge in [0.1, 0.15) is 0 Å². The second-order valence-corrected chi connectivity index (χ2v) is 5.91. The van der Waals surface area contributed by atoms with E-state index in [4.69, 9.17) is 5.41 Å². The van der Waals surface area contributed by atoms with Gasteiger partial charge in [0.2, 0.25) is 0 Å². The van der Waals surface area contributed by atoms with E-state index in [2.05, 4.69) is 23.7 Å². The largest absolute Gasteiger partial charge is 0.321 e. The van der Waals surface area contributed by atoms with Crippen molar-refractivity contribution in [1.82, 2.24) is 9.88 Å². The van der Waals surface area contributed by atoms with Crippen LogP contribution in [0.15, 0.2) is 0 Å². The molecule has 96 valence electrons.